The van der Waals surface area contributed by atoms with Crippen molar-refractivity contribution >= 4 is 11.9 Å². The number of hydrogen-bond acceptors (Lipinski definition) is 5. The molecular formula is C17H30O5. The van der Waals surface area contributed by atoms with Crippen LogP contribution in [0, 0.1) is 0 Å². The highest BCUT2D eigenvalue weighted by Gasteiger charge is 2.27. The molecule has 1 aliphatic heterocycles. The van der Waals surface area contributed by atoms with E-state index in [4.69, 9.17) is 14.2 Å². The van der Waals surface area contributed by atoms with Gasteiger partial charge in [-0.25, -0.2) is 0 Å². The van der Waals surface area contributed by atoms with Crippen LogP contribution in [-0.2, 0) is 23.8 Å². The second-order valence-electron chi connectivity index (χ2n) is 5.91. The van der Waals surface area contributed by atoms with Gasteiger partial charge < -0.3 is 14.2 Å². The van der Waals surface area contributed by atoms with Crippen molar-refractivity contribution < 1.29 is 23.8 Å². The molecule has 0 aromatic rings. The van der Waals surface area contributed by atoms with Crippen molar-refractivity contribution in [2.75, 3.05) is 13.2 Å². The molecule has 0 saturated carbocycles. The Hall–Kier alpha value is -1.10. The first-order chi connectivity index (χ1) is 10.7. The molecule has 22 heavy (non-hydrogen) atoms. The van der Waals surface area contributed by atoms with Gasteiger partial charge >= 0.3 is 11.9 Å². The fourth-order valence-electron chi connectivity index (χ4n) is 2.45. The fraction of sp³-hybridized carbons (Fsp3) is 0.882. The van der Waals surface area contributed by atoms with Crippen molar-refractivity contribution in [2.24, 2.45) is 0 Å². The van der Waals surface area contributed by atoms with E-state index in [-0.39, 0.29) is 24.1 Å². The highest BCUT2D eigenvalue weighted by Crippen LogP contribution is 2.16. The van der Waals surface area contributed by atoms with E-state index in [0.717, 1.165) is 38.5 Å². The summed E-state index contributed by atoms with van der Waals surface area (Å²) in [6.45, 7) is 4.98. The fourth-order valence-corrected chi connectivity index (χ4v) is 2.45. The normalized spacial score (nSPS) is 21.4. The number of ether oxygens (including phenoxy) is 3. The van der Waals surface area contributed by atoms with Gasteiger partial charge in [0.25, 0.3) is 0 Å². The number of carbonyl (C=O) groups is 2. The number of unbranched alkanes of at least 4 members (excludes halogenated alkanes) is 4. The maximum Gasteiger partial charge on any atom is 0.306 e. The number of rotatable bonds is 10. The summed E-state index contributed by atoms with van der Waals surface area (Å²) in [5.74, 6) is -0.367. The second-order valence-corrected chi connectivity index (χ2v) is 5.91. The van der Waals surface area contributed by atoms with Crippen LogP contribution in [0.5, 0.6) is 0 Å². The summed E-state index contributed by atoms with van der Waals surface area (Å²) in [5.41, 5.74) is 0. The summed E-state index contributed by atoms with van der Waals surface area (Å²) >= 11 is 0. The summed E-state index contributed by atoms with van der Waals surface area (Å²) in [5, 5.41) is 0. The van der Waals surface area contributed by atoms with E-state index in [2.05, 4.69) is 13.8 Å². The molecule has 0 aliphatic carbocycles. The summed E-state index contributed by atoms with van der Waals surface area (Å²) in [6.07, 6.45) is 6.80. The zero-order valence-electron chi connectivity index (χ0n) is 14.0. The van der Waals surface area contributed by atoms with E-state index < -0.39 is 0 Å². The minimum Gasteiger partial charge on any atom is -0.460 e. The molecule has 1 heterocycles. The van der Waals surface area contributed by atoms with Gasteiger partial charge in [0.05, 0.1) is 13.2 Å². The van der Waals surface area contributed by atoms with E-state index in [0.29, 0.717) is 32.5 Å². The van der Waals surface area contributed by atoms with Gasteiger partial charge in [-0.3, -0.25) is 9.59 Å². The lowest BCUT2D eigenvalue weighted by atomic mass is 10.1. The third-order valence-corrected chi connectivity index (χ3v) is 3.70. The van der Waals surface area contributed by atoms with Crippen molar-refractivity contribution in [2.45, 2.75) is 83.8 Å². The summed E-state index contributed by atoms with van der Waals surface area (Å²) in [7, 11) is 0. The Morgan fingerprint density at radius 1 is 0.864 bits per heavy atom. The SMILES string of the molecule is CCCCCC(=O)OC1COCC(OC(=O)CCCCC)C1. The molecule has 2 atom stereocenters. The zero-order valence-corrected chi connectivity index (χ0v) is 14.0. The topological polar surface area (TPSA) is 61.8 Å². The molecule has 0 bridgehead atoms. The van der Waals surface area contributed by atoms with Gasteiger partial charge in [0.1, 0.15) is 12.2 Å². The van der Waals surface area contributed by atoms with Crippen molar-refractivity contribution in [1.82, 2.24) is 0 Å². The smallest absolute Gasteiger partial charge is 0.306 e. The van der Waals surface area contributed by atoms with Crippen LogP contribution in [0.2, 0.25) is 0 Å². The highest BCUT2D eigenvalue weighted by atomic mass is 16.6. The lowest BCUT2D eigenvalue weighted by molar-refractivity contribution is -0.171. The van der Waals surface area contributed by atoms with Gasteiger partial charge in [-0.1, -0.05) is 39.5 Å². The average molecular weight is 314 g/mol. The van der Waals surface area contributed by atoms with Crippen molar-refractivity contribution in [1.29, 1.82) is 0 Å². The van der Waals surface area contributed by atoms with E-state index in [1.807, 2.05) is 0 Å². The van der Waals surface area contributed by atoms with Crippen LogP contribution in [0.4, 0.5) is 0 Å². The standard InChI is InChI=1S/C17H30O5/c1-3-5-7-9-16(18)21-14-11-15(13-20-12-14)22-17(19)10-8-6-4-2/h14-15H,3-13H2,1-2H3. The van der Waals surface area contributed by atoms with Gasteiger partial charge in [-0.15, -0.1) is 0 Å². The summed E-state index contributed by atoms with van der Waals surface area (Å²) in [4.78, 5) is 23.4. The Kier molecular flexibility index (Phi) is 9.87. The van der Waals surface area contributed by atoms with Crippen molar-refractivity contribution in [3.8, 4) is 0 Å². The zero-order chi connectivity index (χ0) is 16.2. The lowest BCUT2D eigenvalue weighted by Gasteiger charge is -2.28. The summed E-state index contributed by atoms with van der Waals surface area (Å²) in [6, 6.07) is 0. The van der Waals surface area contributed by atoms with Crippen LogP contribution in [0.15, 0.2) is 0 Å². The van der Waals surface area contributed by atoms with Crippen LogP contribution in [0.25, 0.3) is 0 Å². The molecule has 0 aromatic heterocycles. The third-order valence-electron chi connectivity index (χ3n) is 3.70. The maximum absolute atomic E-state index is 11.7. The Bertz CT molecular complexity index is 299. The molecule has 1 saturated heterocycles. The molecule has 128 valence electrons. The molecular weight excluding hydrogens is 284 g/mol. The molecule has 5 nitrogen and oxygen atoms in total. The van der Waals surface area contributed by atoms with Crippen LogP contribution in [0.3, 0.4) is 0 Å². The molecule has 0 radical (unpaired) electrons. The number of esters is 2. The number of hydrogen-bond donors (Lipinski definition) is 0. The molecule has 1 rings (SSSR count). The Morgan fingerprint density at radius 2 is 1.32 bits per heavy atom. The minimum atomic E-state index is -0.295. The van der Waals surface area contributed by atoms with Gasteiger partial charge in [0.2, 0.25) is 0 Å². The highest BCUT2D eigenvalue weighted by molar-refractivity contribution is 5.70. The van der Waals surface area contributed by atoms with Gasteiger partial charge in [0.15, 0.2) is 0 Å². The molecule has 1 fully saturated rings. The summed E-state index contributed by atoms with van der Waals surface area (Å²) < 4.78 is 16.2. The molecule has 0 aromatic carbocycles. The lowest BCUT2D eigenvalue weighted by Crippen LogP contribution is -2.38. The Balaban J connectivity index is 2.23. The first-order valence-corrected chi connectivity index (χ1v) is 8.62. The predicted molar refractivity (Wildman–Crippen MR) is 83.5 cm³/mol. The first kappa shape index (κ1) is 18.9. The van der Waals surface area contributed by atoms with Crippen molar-refractivity contribution in [3.63, 3.8) is 0 Å². The average Bonchev–Trinajstić information content (AvgIpc) is 2.48. The third kappa shape index (κ3) is 8.37. The molecule has 2 unspecified atom stereocenters. The number of carbonyl (C=O) groups excluding carboxylic acids is 2. The largest absolute Gasteiger partial charge is 0.460 e. The van der Waals surface area contributed by atoms with Crippen LogP contribution >= 0.6 is 0 Å². The van der Waals surface area contributed by atoms with E-state index in [9.17, 15) is 9.59 Å². The molecule has 0 amide bonds. The minimum absolute atomic E-state index is 0.183. The Morgan fingerprint density at radius 3 is 1.73 bits per heavy atom. The molecule has 0 spiro atoms. The van der Waals surface area contributed by atoms with Crippen LogP contribution in [0.1, 0.15) is 71.6 Å². The molecule has 1 aliphatic rings. The van der Waals surface area contributed by atoms with E-state index in [1.54, 1.807) is 0 Å². The monoisotopic (exact) mass is 314 g/mol. The maximum atomic E-state index is 11.7. The van der Waals surface area contributed by atoms with E-state index >= 15 is 0 Å². The van der Waals surface area contributed by atoms with E-state index in [1.165, 1.54) is 0 Å². The van der Waals surface area contributed by atoms with Crippen molar-refractivity contribution in [3.05, 3.63) is 0 Å². The van der Waals surface area contributed by atoms with Gasteiger partial charge in [-0.05, 0) is 12.8 Å². The quantitative estimate of drug-likeness (QED) is 0.457. The Labute approximate surface area is 133 Å². The first-order valence-electron chi connectivity index (χ1n) is 8.62. The van der Waals surface area contributed by atoms with Gasteiger partial charge in [0, 0.05) is 19.3 Å². The van der Waals surface area contributed by atoms with Crippen LogP contribution < -0.4 is 0 Å². The molecule has 5 heteroatoms. The van der Waals surface area contributed by atoms with Crippen LogP contribution in [-0.4, -0.2) is 37.4 Å². The van der Waals surface area contributed by atoms with Gasteiger partial charge in [-0.2, -0.15) is 0 Å². The predicted octanol–water partition coefficient (Wildman–Crippen LogP) is 3.39. The molecule has 0 N–H and O–H groups in total. The second kappa shape index (κ2) is 11.5.